The van der Waals surface area contributed by atoms with E-state index < -0.39 is 31.2 Å². The molecule has 1 fully saturated rings. The van der Waals surface area contributed by atoms with E-state index >= 15 is 0 Å². The molecule has 1 saturated heterocycles. The summed E-state index contributed by atoms with van der Waals surface area (Å²) in [7, 11) is 0. The van der Waals surface area contributed by atoms with Gasteiger partial charge < -0.3 is 24.8 Å². The Kier molecular flexibility index (Phi) is 5.27. The predicted molar refractivity (Wildman–Crippen MR) is 107 cm³/mol. The number of nitrogens with zero attached hydrogens (tertiary/aromatic N) is 3. The molecular weight excluding hydrogens is 482 g/mol. The van der Waals surface area contributed by atoms with Gasteiger partial charge in [0.2, 0.25) is 0 Å². The first-order valence-electron chi connectivity index (χ1n) is 8.47. The molecule has 8 nitrogen and oxygen atoms in total. The second-order valence-electron chi connectivity index (χ2n) is 6.31. The van der Waals surface area contributed by atoms with Crippen molar-refractivity contribution in [2.24, 2.45) is 0 Å². The largest absolute Gasteiger partial charge is 0.394 e. The number of hydrogen-bond acceptors (Lipinski definition) is 6. The number of amides is 1. The Morgan fingerprint density at radius 2 is 2.07 bits per heavy atom. The third kappa shape index (κ3) is 3.26. The summed E-state index contributed by atoms with van der Waals surface area (Å²) in [4.78, 5) is 20.8. The Hall–Kier alpha value is -2.15. The van der Waals surface area contributed by atoms with Crippen molar-refractivity contribution in [1.29, 1.82) is 0 Å². The molecule has 3 aromatic rings. The number of carbonyl (C=O) groups excluding carboxylic acids is 1. The second kappa shape index (κ2) is 7.70. The van der Waals surface area contributed by atoms with E-state index in [9.17, 15) is 19.4 Å². The number of carbonyl (C=O) groups is 1. The van der Waals surface area contributed by atoms with Gasteiger partial charge in [0.1, 0.15) is 30.0 Å². The van der Waals surface area contributed by atoms with Gasteiger partial charge >= 0.3 is 0 Å². The molecule has 10 heteroatoms. The number of fused-ring (bicyclic) bond motifs is 1. The molecule has 146 valence electrons. The first kappa shape index (κ1) is 19.2. The molecule has 3 N–H and O–H groups in total. The zero-order valence-electron chi connectivity index (χ0n) is 14.4. The van der Waals surface area contributed by atoms with Crippen LogP contribution in [0.15, 0.2) is 42.9 Å². The summed E-state index contributed by atoms with van der Waals surface area (Å²) in [6, 6.07) is 8.69. The van der Waals surface area contributed by atoms with Gasteiger partial charge in [-0.25, -0.2) is 14.4 Å². The van der Waals surface area contributed by atoms with Crippen molar-refractivity contribution in [1.82, 2.24) is 14.5 Å². The molecule has 0 spiro atoms. The molecule has 28 heavy (non-hydrogen) atoms. The molecule has 1 amide bonds. The van der Waals surface area contributed by atoms with Crippen LogP contribution >= 0.6 is 22.6 Å². The number of alkyl halides is 1. The highest BCUT2D eigenvalue weighted by atomic mass is 127. The molecule has 0 radical (unpaired) electrons. The number of aromatic nitrogens is 3. The number of hydrogen-bond donors (Lipinski definition) is 3. The predicted octanol–water partition coefficient (Wildman–Crippen LogP) is 1.88. The quantitative estimate of drug-likeness (QED) is 0.475. The minimum atomic E-state index is -1.74. The summed E-state index contributed by atoms with van der Waals surface area (Å²) >= 11 is 2.04. The lowest BCUT2D eigenvalue weighted by molar-refractivity contribution is -0.0457. The Labute approximate surface area is 172 Å². The number of aliphatic hydroxyl groups is 2. The minimum Gasteiger partial charge on any atom is -0.394 e. The number of ether oxygens (including phenoxy) is 1. The van der Waals surface area contributed by atoms with Crippen molar-refractivity contribution in [2.45, 2.75) is 24.6 Å². The van der Waals surface area contributed by atoms with E-state index in [1.54, 1.807) is 30.5 Å². The van der Waals surface area contributed by atoms with Gasteiger partial charge in [0.15, 0.2) is 12.4 Å². The molecule has 4 atom stereocenters. The first-order chi connectivity index (χ1) is 13.5. The van der Waals surface area contributed by atoms with E-state index in [4.69, 9.17) is 4.74 Å². The van der Waals surface area contributed by atoms with Crippen LogP contribution in [-0.2, 0) is 4.74 Å². The number of anilines is 1. The Balaban J connectivity index is 1.71. The highest BCUT2D eigenvalue weighted by molar-refractivity contribution is 14.1. The Morgan fingerprint density at radius 3 is 2.75 bits per heavy atom. The Morgan fingerprint density at radius 1 is 1.32 bits per heavy atom. The van der Waals surface area contributed by atoms with Gasteiger partial charge in [-0.3, -0.25) is 4.79 Å². The zero-order valence-corrected chi connectivity index (χ0v) is 16.5. The first-order valence-corrected chi connectivity index (χ1v) is 9.55. The summed E-state index contributed by atoms with van der Waals surface area (Å²) in [6.07, 6.45) is -2.47. The SMILES string of the molecule is O=C(Nc1ncnc2c1c(I)cn2[C@@H]1O[C@H](CO)[C@@H](O)[C@@H]1F)c1ccccc1. The van der Waals surface area contributed by atoms with Crippen LogP contribution in [-0.4, -0.2) is 55.6 Å². The molecule has 2 aromatic heterocycles. The number of halogens is 2. The van der Waals surface area contributed by atoms with Crippen molar-refractivity contribution < 1.29 is 24.1 Å². The molecule has 4 rings (SSSR count). The lowest BCUT2D eigenvalue weighted by atomic mass is 10.1. The molecule has 1 aliphatic heterocycles. The van der Waals surface area contributed by atoms with E-state index in [2.05, 4.69) is 15.3 Å². The van der Waals surface area contributed by atoms with Crippen LogP contribution in [0.2, 0.25) is 0 Å². The summed E-state index contributed by atoms with van der Waals surface area (Å²) in [5, 5.41) is 22.4. The number of benzene rings is 1. The van der Waals surface area contributed by atoms with Crippen LogP contribution in [0.1, 0.15) is 16.6 Å². The van der Waals surface area contributed by atoms with Gasteiger partial charge in [-0.05, 0) is 34.7 Å². The maximum Gasteiger partial charge on any atom is 0.256 e. The topological polar surface area (TPSA) is 110 Å². The smallest absolute Gasteiger partial charge is 0.256 e. The number of nitrogens with one attached hydrogen (secondary N) is 1. The van der Waals surface area contributed by atoms with Gasteiger partial charge in [0.25, 0.3) is 5.91 Å². The fourth-order valence-electron chi connectivity index (χ4n) is 3.18. The molecular formula is C18H16FIN4O4. The van der Waals surface area contributed by atoms with E-state index in [0.717, 1.165) is 0 Å². The van der Waals surface area contributed by atoms with Crippen LogP contribution in [0.5, 0.6) is 0 Å². The molecule has 0 bridgehead atoms. The molecule has 0 aliphatic carbocycles. The normalized spacial score (nSPS) is 24.6. The van der Waals surface area contributed by atoms with Crippen LogP contribution in [0.4, 0.5) is 10.2 Å². The molecule has 1 aromatic carbocycles. The van der Waals surface area contributed by atoms with Crippen molar-refractivity contribution in [3.63, 3.8) is 0 Å². The minimum absolute atomic E-state index is 0.287. The third-order valence-electron chi connectivity index (χ3n) is 4.58. The van der Waals surface area contributed by atoms with Crippen LogP contribution in [0.25, 0.3) is 11.0 Å². The fourth-order valence-corrected chi connectivity index (χ4v) is 3.97. The maximum atomic E-state index is 14.6. The Bertz CT molecular complexity index is 1020. The number of aliphatic hydroxyl groups excluding tert-OH is 2. The third-order valence-corrected chi connectivity index (χ3v) is 5.40. The lowest BCUT2D eigenvalue weighted by Gasteiger charge is -2.16. The summed E-state index contributed by atoms with van der Waals surface area (Å²) in [6.45, 7) is -0.498. The van der Waals surface area contributed by atoms with Gasteiger partial charge in [-0.1, -0.05) is 18.2 Å². The maximum absolute atomic E-state index is 14.6. The summed E-state index contributed by atoms with van der Waals surface area (Å²) in [5.74, 6) is -0.0462. The molecule has 0 unspecified atom stereocenters. The average Bonchev–Trinajstić information content (AvgIpc) is 3.20. The van der Waals surface area contributed by atoms with Crippen molar-refractivity contribution in [3.8, 4) is 0 Å². The monoisotopic (exact) mass is 498 g/mol. The molecule has 0 saturated carbocycles. The van der Waals surface area contributed by atoms with Gasteiger partial charge in [-0.15, -0.1) is 0 Å². The van der Waals surface area contributed by atoms with Crippen molar-refractivity contribution >= 4 is 45.3 Å². The van der Waals surface area contributed by atoms with Crippen molar-refractivity contribution in [2.75, 3.05) is 11.9 Å². The standard InChI is InChI=1S/C18H16FIN4O4/c19-13-14(26)11(7-25)28-18(13)24-6-10(20)12-15(21-8-22-16(12)24)23-17(27)9-4-2-1-3-5-9/h1-6,8,11,13-14,18,25-26H,7H2,(H,21,22,23,27)/t11-,13+,14-,18-/m1/s1. The second-order valence-corrected chi connectivity index (χ2v) is 7.47. The van der Waals surface area contributed by atoms with E-state index in [1.165, 1.54) is 10.9 Å². The summed E-state index contributed by atoms with van der Waals surface area (Å²) in [5.41, 5.74) is 0.821. The number of rotatable bonds is 4. The van der Waals surface area contributed by atoms with Gasteiger partial charge in [0, 0.05) is 15.3 Å². The average molecular weight is 498 g/mol. The van der Waals surface area contributed by atoms with E-state index in [-0.39, 0.29) is 11.7 Å². The van der Waals surface area contributed by atoms with Gasteiger partial charge in [-0.2, -0.15) is 0 Å². The highest BCUT2D eigenvalue weighted by Gasteiger charge is 2.45. The van der Waals surface area contributed by atoms with Gasteiger partial charge in [0.05, 0.1) is 12.0 Å². The molecule has 3 heterocycles. The molecule has 1 aliphatic rings. The van der Waals surface area contributed by atoms with Crippen molar-refractivity contribution in [3.05, 3.63) is 52.0 Å². The van der Waals surface area contributed by atoms with Crippen LogP contribution < -0.4 is 5.32 Å². The van der Waals surface area contributed by atoms with Crippen LogP contribution in [0, 0.1) is 3.57 Å². The van der Waals surface area contributed by atoms with E-state index in [0.29, 0.717) is 20.2 Å². The highest BCUT2D eigenvalue weighted by Crippen LogP contribution is 2.36. The zero-order chi connectivity index (χ0) is 19.8. The lowest BCUT2D eigenvalue weighted by Crippen LogP contribution is -2.30. The summed E-state index contributed by atoms with van der Waals surface area (Å²) < 4.78 is 22.1. The van der Waals surface area contributed by atoms with Crippen LogP contribution in [0.3, 0.4) is 0 Å². The fraction of sp³-hybridized carbons (Fsp3) is 0.278. The van der Waals surface area contributed by atoms with E-state index in [1.807, 2.05) is 28.7 Å².